The van der Waals surface area contributed by atoms with E-state index in [0.717, 1.165) is 0 Å². The van der Waals surface area contributed by atoms with Crippen molar-refractivity contribution in [3.05, 3.63) is 0 Å². The SMILES string of the molecule is OC[C@H](O)[C@@H]1O[C@@H](OC[C@H]2O[C@@H](O)[C@H](O)[C@H](O)[C@H]2O)[C@H](O)[C@@H]1O. The van der Waals surface area contributed by atoms with Crippen molar-refractivity contribution in [1.29, 1.82) is 0 Å². The molecule has 0 bridgehead atoms. The minimum Gasteiger partial charge on any atom is -0.394 e. The maximum Gasteiger partial charge on any atom is 0.186 e. The summed E-state index contributed by atoms with van der Waals surface area (Å²) >= 11 is 0. The maximum atomic E-state index is 9.78. The van der Waals surface area contributed by atoms with Crippen molar-refractivity contribution in [2.45, 2.75) is 61.4 Å². The average molecular weight is 342 g/mol. The standard InChI is InChI=1S/C12H22O11/c13-1-3(14)10-7(17)9(19)12(23-10)21-2-4-5(15)6(16)8(18)11(20)22-4/h3-20H,1-2H2/t3-,4+,5-,6+,7-,8+,9+,10-,11+,12+/m0/s1. The lowest BCUT2D eigenvalue weighted by molar-refractivity contribution is -0.298. The number of rotatable bonds is 5. The van der Waals surface area contributed by atoms with Crippen LogP contribution in [0.1, 0.15) is 0 Å². The first-order valence-corrected chi connectivity index (χ1v) is 7.07. The van der Waals surface area contributed by atoms with E-state index >= 15 is 0 Å². The molecule has 0 aromatic rings. The van der Waals surface area contributed by atoms with Gasteiger partial charge >= 0.3 is 0 Å². The summed E-state index contributed by atoms with van der Waals surface area (Å²) in [5.74, 6) is 0. The van der Waals surface area contributed by atoms with Gasteiger partial charge in [0.15, 0.2) is 12.6 Å². The predicted molar refractivity (Wildman–Crippen MR) is 68.6 cm³/mol. The molecule has 10 atom stereocenters. The van der Waals surface area contributed by atoms with Gasteiger partial charge in [-0.2, -0.15) is 0 Å². The minimum atomic E-state index is -1.73. The summed E-state index contributed by atoms with van der Waals surface area (Å²) in [6.45, 7) is -1.14. The molecule has 0 radical (unpaired) electrons. The van der Waals surface area contributed by atoms with Crippen LogP contribution in [0.15, 0.2) is 0 Å². The van der Waals surface area contributed by atoms with Crippen LogP contribution in [0.3, 0.4) is 0 Å². The molecule has 11 heteroatoms. The van der Waals surface area contributed by atoms with Crippen LogP contribution in [0.5, 0.6) is 0 Å². The molecule has 0 aromatic heterocycles. The monoisotopic (exact) mass is 342 g/mol. The van der Waals surface area contributed by atoms with E-state index in [1.165, 1.54) is 0 Å². The number of hydrogen-bond acceptors (Lipinski definition) is 11. The van der Waals surface area contributed by atoms with E-state index in [1.54, 1.807) is 0 Å². The Morgan fingerprint density at radius 2 is 1.48 bits per heavy atom. The number of ether oxygens (including phenoxy) is 3. The van der Waals surface area contributed by atoms with Crippen LogP contribution in [-0.4, -0.2) is 115 Å². The number of aliphatic hydroxyl groups is 8. The van der Waals surface area contributed by atoms with Crippen molar-refractivity contribution in [2.24, 2.45) is 0 Å². The van der Waals surface area contributed by atoms with Gasteiger partial charge in [-0.25, -0.2) is 0 Å². The van der Waals surface area contributed by atoms with Gasteiger partial charge in [0, 0.05) is 0 Å². The summed E-state index contributed by atoms with van der Waals surface area (Å²) in [5, 5.41) is 75.8. The van der Waals surface area contributed by atoms with Gasteiger partial charge in [0.1, 0.15) is 48.8 Å². The lowest BCUT2D eigenvalue weighted by atomic mass is 9.99. The van der Waals surface area contributed by atoms with Crippen LogP contribution in [-0.2, 0) is 14.2 Å². The highest BCUT2D eigenvalue weighted by Gasteiger charge is 2.48. The molecule has 0 unspecified atom stereocenters. The quantitative estimate of drug-likeness (QED) is 0.238. The number of hydrogen-bond donors (Lipinski definition) is 8. The summed E-state index contributed by atoms with van der Waals surface area (Å²) in [6, 6.07) is 0. The summed E-state index contributed by atoms with van der Waals surface area (Å²) < 4.78 is 15.1. The second-order valence-electron chi connectivity index (χ2n) is 5.57. The molecule has 0 aliphatic carbocycles. The lowest BCUT2D eigenvalue weighted by Gasteiger charge is -2.38. The Kier molecular flexibility index (Phi) is 6.27. The molecule has 8 N–H and O–H groups in total. The fourth-order valence-corrected chi connectivity index (χ4v) is 2.49. The summed E-state index contributed by atoms with van der Waals surface area (Å²) in [5.41, 5.74) is 0. The van der Waals surface area contributed by atoms with Crippen molar-refractivity contribution in [2.75, 3.05) is 13.2 Å². The molecule has 2 heterocycles. The van der Waals surface area contributed by atoms with E-state index in [1.807, 2.05) is 0 Å². The van der Waals surface area contributed by atoms with Gasteiger partial charge in [0.2, 0.25) is 0 Å². The third-order valence-corrected chi connectivity index (χ3v) is 3.93. The molecule has 2 aliphatic rings. The fraction of sp³-hybridized carbons (Fsp3) is 1.00. The van der Waals surface area contributed by atoms with Gasteiger partial charge in [-0.3, -0.25) is 0 Å². The molecule has 0 amide bonds. The zero-order valence-corrected chi connectivity index (χ0v) is 12.0. The van der Waals surface area contributed by atoms with Crippen LogP contribution in [0.25, 0.3) is 0 Å². The Morgan fingerprint density at radius 1 is 0.826 bits per heavy atom. The highest BCUT2D eigenvalue weighted by Crippen LogP contribution is 2.26. The van der Waals surface area contributed by atoms with Gasteiger partial charge in [0.05, 0.1) is 13.2 Å². The smallest absolute Gasteiger partial charge is 0.186 e. The average Bonchev–Trinajstić information content (AvgIpc) is 2.82. The lowest BCUT2D eigenvalue weighted by Crippen LogP contribution is -2.58. The van der Waals surface area contributed by atoms with E-state index in [0.29, 0.717) is 0 Å². The summed E-state index contributed by atoms with van der Waals surface area (Å²) in [4.78, 5) is 0. The molecule has 2 aliphatic heterocycles. The van der Waals surface area contributed by atoms with Gasteiger partial charge < -0.3 is 55.1 Å². The van der Waals surface area contributed by atoms with Crippen LogP contribution in [0, 0.1) is 0 Å². The molecule has 0 aromatic carbocycles. The first-order valence-electron chi connectivity index (χ1n) is 7.07. The van der Waals surface area contributed by atoms with E-state index in [4.69, 9.17) is 19.3 Å². The Hall–Kier alpha value is -0.440. The Balaban J connectivity index is 1.90. The van der Waals surface area contributed by atoms with Crippen LogP contribution in [0.2, 0.25) is 0 Å². The largest absolute Gasteiger partial charge is 0.394 e. The first-order chi connectivity index (χ1) is 10.8. The van der Waals surface area contributed by atoms with E-state index in [9.17, 15) is 35.7 Å². The van der Waals surface area contributed by atoms with Gasteiger partial charge in [-0.15, -0.1) is 0 Å². The highest BCUT2D eigenvalue weighted by atomic mass is 16.7. The molecule has 2 rings (SSSR count). The van der Waals surface area contributed by atoms with Crippen LogP contribution >= 0.6 is 0 Å². The molecular formula is C12H22O11. The second kappa shape index (κ2) is 7.63. The topological polar surface area (TPSA) is 190 Å². The molecule has 23 heavy (non-hydrogen) atoms. The summed E-state index contributed by atoms with van der Waals surface area (Å²) in [7, 11) is 0. The van der Waals surface area contributed by atoms with E-state index in [-0.39, 0.29) is 0 Å². The third-order valence-electron chi connectivity index (χ3n) is 3.93. The Bertz CT molecular complexity index is 382. The minimum absolute atomic E-state index is 0.446. The molecule has 11 nitrogen and oxygen atoms in total. The molecule has 0 spiro atoms. The highest BCUT2D eigenvalue weighted by molar-refractivity contribution is 4.92. The molecule has 136 valence electrons. The molecule has 2 saturated heterocycles. The van der Waals surface area contributed by atoms with Crippen molar-refractivity contribution < 1.29 is 55.1 Å². The van der Waals surface area contributed by atoms with E-state index < -0.39 is 74.6 Å². The maximum absolute atomic E-state index is 9.78. The van der Waals surface area contributed by atoms with Gasteiger partial charge in [-0.1, -0.05) is 0 Å². The Labute approximate surface area is 130 Å². The zero-order chi connectivity index (χ0) is 17.3. The second-order valence-corrected chi connectivity index (χ2v) is 5.57. The third kappa shape index (κ3) is 3.81. The zero-order valence-electron chi connectivity index (χ0n) is 12.0. The predicted octanol–water partition coefficient (Wildman–Crippen LogP) is -5.40. The van der Waals surface area contributed by atoms with Crippen molar-refractivity contribution >= 4 is 0 Å². The summed E-state index contributed by atoms with van der Waals surface area (Å²) in [6.07, 6.45) is -15.0. The number of aliphatic hydroxyl groups excluding tert-OH is 8. The van der Waals surface area contributed by atoms with Crippen LogP contribution in [0.4, 0.5) is 0 Å². The van der Waals surface area contributed by atoms with Crippen molar-refractivity contribution in [3.63, 3.8) is 0 Å². The molecular weight excluding hydrogens is 320 g/mol. The van der Waals surface area contributed by atoms with Crippen LogP contribution < -0.4 is 0 Å². The molecule has 0 saturated carbocycles. The van der Waals surface area contributed by atoms with Gasteiger partial charge in [0.25, 0.3) is 0 Å². The first kappa shape index (κ1) is 18.9. The molecule has 2 fully saturated rings. The Morgan fingerprint density at radius 3 is 2.09 bits per heavy atom. The fourth-order valence-electron chi connectivity index (χ4n) is 2.49. The van der Waals surface area contributed by atoms with E-state index in [2.05, 4.69) is 0 Å². The van der Waals surface area contributed by atoms with Crippen molar-refractivity contribution in [3.8, 4) is 0 Å². The van der Waals surface area contributed by atoms with Gasteiger partial charge in [-0.05, 0) is 0 Å². The van der Waals surface area contributed by atoms with Crippen molar-refractivity contribution in [1.82, 2.24) is 0 Å². The normalized spacial score (nSPS) is 49.3.